The van der Waals surface area contributed by atoms with Crippen LogP contribution in [0.25, 0.3) is 0 Å². The molecule has 5 nitrogen and oxygen atoms in total. The van der Waals surface area contributed by atoms with Crippen LogP contribution >= 0.6 is 11.8 Å². The van der Waals surface area contributed by atoms with Crippen LogP contribution in [-0.4, -0.2) is 28.5 Å². The van der Waals surface area contributed by atoms with Gasteiger partial charge in [-0.1, -0.05) is 25.7 Å². The van der Waals surface area contributed by atoms with Crippen LogP contribution in [-0.2, 0) is 0 Å². The molecule has 0 atom stereocenters. The number of nitrogens with one attached hydrogen (secondary N) is 1. The largest absolute Gasteiger partial charge is 0.415 e. The van der Waals surface area contributed by atoms with Crippen molar-refractivity contribution in [2.24, 2.45) is 4.99 Å². The number of hydrogen-bond donors (Lipinski definition) is 1. The smallest absolute Gasteiger partial charge is 0.284 e. The Labute approximate surface area is 111 Å². The summed E-state index contributed by atoms with van der Waals surface area (Å²) in [4.78, 5) is 4.31. The number of amidine groups is 1. The molecule has 0 aromatic carbocycles. The van der Waals surface area contributed by atoms with Gasteiger partial charge in [-0.05, 0) is 12.8 Å². The van der Waals surface area contributed by atoms with Gasteiger partial charge in [0.15, 0.2) is 5.17 Å². The van der Waals surface area contributed by atoms with Crippen LogP contribution in [0.3, 0.4) is 0 Å². The molecule has 1 saturated carbocycles. The molecule has 2 heterocycles. The lowest BCUT2D eigenvalue weighted by atomic mass is 10.0. The maximum absolute atomic E-state index is 5.76. The molecule has 0 spiro atoms. The number of aliphatic imine (C=N–C) groups is 1. The SMILES string of the molecule is C1CCCC(c2nnc(SC3=NCCN3)o2)CC1. The second-order valence-corrected chi connectivity index (χ2v) is 5.75. The van der Waals surface area contributed by atoms with Crippen LogP contribution in [0.4, 0.5) is 0 Å². The highest BCUT2D eigenvalue weighted by atomic mass is 32.2. The van der Waals surface area contributed by atoms with Crippen LogP contribution in [0.15, 0.2) is 14.6 Å². The van der Waals surface area contributed by atoms with E-state index in [0.29, 0.717) is 11.1 Å². The molecule has 6 heteroatoms. The van der Waals surface area contributed by atoms with Crippen LogP contribution in [0.2, 0.25) is 0 Å². The Balaban J connectivity index is 1.64. The highest BCUT2D eigenvalue weighted by molar-refractivity contribution is 8.13. The first-order chi connectivity index (χ1) is 8.92. The van der Waals surface area contributed by atoms with E-state index in [1.165, 1.54) is 50.3 Å². The van der Waals surface area contributed by atoms with Gasteiger partial charge >= 0.3 is 0 Å². The fraction of sp³-hybridized carbons (Fsp3) is 0.750. The van der Waals surface area contributed by atoms with Gasteiger partial charge in [0.2, 0.25) is 5.89 Å². The minimum absolute atomic E-state index is 0.466. The van der Waals surface area contributed by atoms with E-state index in [2.05, 4.69) is 20.5 Å². The Morgan fingerprint density at radius 1 is 1.11 bits per heavy atom. The van der Waals surface area contributed by atoms with Crippen molar-refractivity contribution in [3.63, 3.8) is 0 Å². The Morgan fingerprint density at radius 2 is 1.94 bits per heavy atom. The first kappa shape index (κ1) is 12.0. The van der Waals surface area contributed by atoms with E-state index in [4.69, 9.17) is 4.42 Å². The zero-order chi connectivity index (χ0) is 12.2. The summed E-state index contributed by atoms with van der Waals surface area (Å²) in [5.74, 6) is 1.28. The van der Waals surface area contributed by atoms with Gasteiger partial charge in [-0.2, -0.15) is 0 Å². The maximum Gasteiger partial charge on any atom is 0.284 e. The Morgan fingerprint density at radius 3 is 2.67 bits per heavy atom. The van der Waals surface area contributed by atoms with Crippen molar-refractivity contribution in [1.29, 1.82) is 0 Å². The fourth-order valence-corrected chi connectivity index (χ4v) is 3.18. The van der Waals surface area contributed by atoms with E-state index in [-0.39, 0.29) is 0 Å². The van der Waals surface area contributed by atoms with Gasteiger partial charge in [0.1, 0.15) is 0 Å². The summed E-state index contributed by atoms with van der Waals surface area (Å²) in [7, 11) is 0. The molecule has 0 bridgehead atoms. The molecular formula is C12H18N4OS. The quantitative estimate of drug-likeness (QED) is 0.833. The van der Waals surface area contributed by atoms with E-state index < -0.39 is 0 Å². The predicted molar refractivity (Wildman–Crippen MR) is 70.9 cm³/mol. The minimum atomic E-state index is 0.466. The van der Waals surface area contributed by atoms with Gasteiger partial charge < -0.3 is 9.73 Å². The number of rotatable bonds is 2. The van der Waals surface area contributed by atoms with Gasteiger partial charge in [-0.25, -0.2) is 0 Å². The maximum atomic E-state index is 5.76. The van der Waals surface area contributed by atoms with Crippen LogP contribution in [0, 0.1) is 0 Å². The second kappa shape index (κ2) is 5.73. The van der Waals surface area contributed by atoms with Crippen molar-refractivity contribution >= 4 is 16.9 Å². The standard InChI is InChI=1S/C12H18N4OS/c1-2-4-6-9(5-3-1)10-15-16-12(17-10)18-11-13-7-8-14-11/h9H,1-8H2,(H,13,14). The molecule has 0 unspecified atom stereocenters. The molecule has 3 rings (SSSR count). The summed E-state index contributed by atoms with van der Waals surface area (Å²) in [5.41, 5.74) is 0. The van der Waals surface area contributed by atoms with E-state index in [1.54, 1.807) is 0 Å². The highest BCUT2D eigenvalue weighted by Gasteiger charge is 2.21. The van der Waals surface area contributed by atoms with E-state index >= 15 is 0 Å². The Hall–Kier alpha value is -1.04. The molecular weight excluding hydrogens is 248 g/mol. The lowest BCUT2D eigenvalue weighted by Crippen LogP contribution is -2.14. The topological polar surface area (TPSA) is 63.3 Å². The average molecular weight is 266 g/mol. The number of thioether (sulfide) groups is 1. The molecule has 1 N–H and O–H groups in total. The van der Waals surface area contributed by atoms with Crippen molar-refractivity contribution in [3.05, 3.63) is 5.89 Å². The lowest BCUT2D eigenvalue weighted by molar-refractivity contribution is 0.369. The van der Waals surface area contributed by atoms with Gasteiger partial charge in [-0.15, -0.1) is 10.2 Å². The third-order valence-corrected chi connectivity index (χ3v) is 4.26. The van der Waals surface area contributed by atoms with E-state index in [0.717, 1.165) is 24.1 Å². The number of nitrogens with zero attached hydrogens (tertiary/aromatic N) is 3. The predicted octanol–water partition coefficient (Wildman–Crippen LogP) is 2.56. The molecule has 18 heavy (non-hydrogen) atoms. The van der Waals surface area contributed by atoms with Crippen LogP contribution < -0.4 is 5.32 Å². The molecule has 1 aliphatic heterocycles. The monoisotopic (exact) mass is 266 g/mol. The summed E-state index contributed by atoms with van der Waals surface area (Å²) in [6, 6.07) is 0. The van der Waals surface area contributed by atoms with Gasteiger partial charge in [0, 0.05) is 24.2 Å². The third kappa shape index (κ3) is 2.85. The molecule has 0 radical (unpaired) electrons. The van der Waals surface area contributed by atoms with Crippen molar-refractivity contribution in [2.45, 2.75) is 49.7 Å². The van der Waals surface area contributed by atoms with Crippen molar-refractivity contribution in [1.82, 2.24) is 15.5 Å². The fourth-order valence-electron chi connectivity index (χ4n) is 2.48. The summed E-state index contributed by atoms with van der Waals surface area (Å²) < 4.78 is 5.76. The number of aromatic nitrogens is 2. The molecule has 1 aromatic rings. The molecule has 0 amide bonds. The van der Waals surface area contributed by atoms with Crippen molar-refractivity contribution in [3.8, 4) is 0 Å². The molecule has 2 aliphatic rings. The summed E-state index contributed by atoms with van der Waals surface area (Å²) in [5, 5.41) is 13.0. The van der Waals surface area contributed by atoms with Gasteiger partial charge in [-0.3, -0.25) is 4.99 Å². The first-order valence-electron chi connectivity index (χ1n) is 6.71. The summed E-state index contributed by atoms with van der Waals surface area (Å²) in [6.07, 6.45) is 7.62. The minimum Gasteiger partial charge on any atom is -0.415 e. The zero-order valence-corrected chi connectivity index (χ0v) is 11.2. The highest BCUT2D eigenvalue weighted by Crippen LogP contribution is 2.32. The molecule has 98 valence electrons. The molecule has 1 fully saturated rings. The summed E-state index contributed by atoms with van der Waals surface area (Å²) >= 11 is 1.44. The summed E-state index contributed by atoms with van der Waals surface area (Å²) in [6.45, 7) is 1.75. The molecule has 1 aliphatic carbocycles. The Bertz CT molecular complexity index is 423. The zero-order valence-electron chi connectivity index (χ0n) is 10.4. The molecule has 1 aromatic heterocycles. The number of hydrogen-bond acceptors (Lipinski definition) is 6. The van der Waals surface area contributed by atoms with E-state index in [9.17, 15) is 0 Å². The van der Waals surface area contributed by atoms with Crippen molar-refractivity contribution in [2.75, 3.05) is 13.1 Å². The second-order valence-electron chi connectivity index (χ2n) is 4.81. The van der Waals surface area contributed by atoms with Crippen LogP contribution in [0.1, 0.15) is 50.3 Å². The Kier molecular flexibility index (Phi) is 3.83. The van der Waals surface area contributed by atoms with Crippen LogP contribution in [0.5, 0.6) is 0 Å². The average Bonchev–Trinajstić information content (AvgIpc) is 2.97. The van der Waals surface area contributed by atoms with Gasteiger partial charge in [0.25, 0.3) is 5.22 Å². The van der Waals surface area contributed by atoms with E-state index in [1.807, 2.05) is 0 Å². The molecule has 0 saturated heterocycles. The normalized spacial score (nSPS) is 21.4. The third-order valence-electron chi connectivity index (χ3n) is 3.45. The lowest BCUT2D eigenvalue weighted by Gasteiger charge is -2.07. The van der Waals surface area contributed by atoms with Gasteiger partial charge in [0.05, 0.1) is 6.54 Å². The first-order valence-corrected chi connectivity index (χ1v) is 7.53. The van der Waals surface area contributed by atoms with Crippen molar-refractivity contribution < 1.29 is 4.42 Å².